The Hall–Kier alpha value is -3.74. The van der Waals surface area contributed by atoms with Crippen molar-refractivity contribution < 1.29 is 28.5 Å². The number of nitrogens with zero attached hydrogens (tertiary/aromatic N) is 3. The van der Waals surface area contributed by atoms with Gasteiger partial charge in [-0.15, -0.1) is 11.3 Å². The van der Waals surface area contributed by atoms with Gasteiger partial charge in [0.15, 0.2) is 0 Å². The lowest BCUT2D eigenvalue weighted by atomic mass is 9.98. The van der Waals surface area contributed by atoms with Crippen LogP contribution in [0.1, 0.15) is 57.6 Å². The third kappa shape index (κ3) is 6.04. The van der Waals surface area contributed by atoms with Gasteiger partial charge in [0.1, 0.15) is 22.4 Å². The van der Waals surface area contributed by atoms with Crippen molar-refractivity contribution in [3.8, 4) is 16.5 Å². The second-order valence-corrected chi connectivity index (χ2v) is 12.5. The van der Waals surface area contributed by atoms with E-state index in [1.54, 1.807) is 6.92 Å². The molecule has 4 aromatic rings. The van der Waals surface area contributed by atoms with Crippen LogP contribution in [-0.4, -0.2) is 57.2 Å². The van der Waals surface area contributed by atoms with Crippen molar-refractivity contribution >= 4 is 27.5 Å². The van der Waals surface area contributed by atoms with Gasteiger partial charge < -0.3 is 23.7 Å². The molecular formula is C31H37N3O8S. The zero-order chi connectivity index (χ0) is 30.9. The van der Waals surface area contributed by atoms with Crippen LogP contribution in [-0.2, 0) is 26.4 Å². The lowest BCUT2D eigenvalue weighted by molar-refractivity contribution is -0.146. The van der Waals surface area contributed by atoms with E-state index in [1.165, 1.54) is 42.2 Å². The van der Waals surface area contributed by atoms with E-state index in [4.69, 9.17) is 18.6 Å². The highest BCUT2D eigenvalue weighted by Crippen LogP contribution is 2.37. The summed E-state index contributed by atoms with van der Waals surface area (Å²) in [6.45, 7) is 9.97. The molecule has 1 fully saturated rings. The van der Waals surface area contributed by atoms with Crippen molar-refractivity contribution in [3.05, 3.63) is 68.7 Å². The topological polar surface area (TPSA) is 135 Å². The number of rotatable bonds is 11. The van der Waals surface area contributed by atoms with Gasteiger partial charge in [-0.1, -0.05) is 18.2 Å². The fourth-order valence-corrected chi connectivity index (χ4v) is 6.61. The minimum atomic E-state index is -1.81. The van der Waals surface area contributed by atoms with Crippen molar-refractivity contribution in [1.82, 2.24) is 14.1 Å². The van der Waals surface area contributed by atoms with Crippen LogP contribution >= 0.6 is 11.3 Å². The van der Waals surface area contributed by atoms with E-state index in [0.717, 1.165) is 23.0 Å². The Kier molecular flexibility index (Phi) is 8.91. The minimum Gasteiger partial charge on any atom is -0.491 e. The third-order valence-corrected chi connectivity index (χ3v) is 9.05. The van der Waals surface area contributed by atoms with Gasteiger partial charge >= 0.3 is 11.7 Å². The zero-order valence-electron chi connectivity index (χ0n) is 25.0. The molecule has 3 aromatic heterocycles. The minimum absolute atomic E-state index is 0.00618. The Balaban J connectivity index is 1.71. The molecule has 0 bridgehead atoms. The van der Waals surface area contributed by atoms with Crippen molar-refractivity contribution in [2.24, 2.45) is 0 Å². The number of benzene rings is 1. The van der Waals surface area contributed by atoms with Crippen LogP contribution in [0.2, 0.25) is 0 Å². The molecule has 1 saturated heterocycles. The Morgan fingerprint density at radius 3 is 2.58 bits per heavy atom. The van der Waals surface area contributed by atoms with Crippen LogP contribution in [0.25, 0.3) is 21.0 Å². The number of aryl methyl sites for hydroxylation is 1. The molecule has 5 rings (SSSR count). The quantitative estimate of drug-likeness (QED) is 0.254. The summed E-state index contributed by atoms with van der Waals surface area (Å²) >= 11 is 1.22. The summed E-state index contributed by atoms with van der Waals surface area (Å²) in [5.41, 5.74) is -1.79. The summed E-state index contributed by atoms with van der Waals surface area (Å²) < 4.78 is 25.9. The van der Waals surface area contributed by atoms with E-state index in [9.17, 15) is 19.5 Å². The zero-order valence-corrected chi connectivity index (χ0v) is 25.8. The highest BCUT2D eigenvalue weighted by atomic mass is 32.1. The number of carboxylic acids is 1. The predicted molar refractivity (Wildman–Crippen MR) is 162 cm³/mol. The maximum Gasteiger partial charge on any atom is 0.333 e. The number of ether oxygens (including phenoxy) is 3. The first-order valence-corrected chi connectivity index (χ1v) is 15.2. The summed E-state index contributed by atoms with van der Waals surface area (Å²) in [5.74, 6) is -0.681. The van der Waals surface area contributed by atoms with E-state index in [1.807, 2.05) is 38.1 Å². The maximum atomic E-state index is 14.2. The Labute approximate surface area is 252 Å². The van der Waals surface area contributed by atoms with Gasteiger partial charge in [-0.3, -0.25) is 9.36 Å². The summed E-state index contributed by atoms with van der Waals surface area (Å²) in [6, 6.07) is 7.64. The average molecular weight is 612 g/mol. The number of carbonyl (C=O) groups is 1. The van der Waals surface area contributed by atoms with E-state index in [0.29, 0.717) is 40.1 Å². The number of carboxylic acid groups (broad SMARTS) is 1. The van der Waals surface area contributed by atoms with E-state index in [2.05, 4.69) is 4.98 Å². The number of hydrogen-bond acceptors (Lipinski definition) is 9. The van der Waals surface area contributed by atoms with Gasteiger partial charge in [0.25, 0.3) is 5.56 Å². The van der Waals surface area contributed by atoms with Gasteiger partial charge in [0, 0.05) is 31.2 Å². The molecular weight excluding hydrogens is 574 g/mol. The average Bonchev–Trinajstić information content (AvgIpc) is 3.61. The third-order valence-electron chi connectivity index (χ3n) is 7.75. The number of fused-ring (bicyclic) bond motifs is 1. The summed E-state index contributed by atoms with van der Waals surface area (Å²) in [4.78, 5) is 45.8. The summed E-state index contributed by atoms with van der Waals surface area (Å²) in [7, 11) is 0. The molecule has 43 heavy (non-hydrogen) atoms. The molecule has 12 heteroatoms. The molecule has 1 N–H and O–H groups in total. The van der Waals surface area contributed by atoms with E-state index >= 15 is 0 Å². The second kappa shape index (κ2) is 12.5. The van der Waals surface area contributed by atoms with Gasteiger partial charge in [0.05, 0.1) is 35.3 Å². The summed E-state index contributed by atoms with van der Waals surface area (Å²) in [5, 5.41) is 10.3. The standard InChI is InChI=1S/C31H37N3O8S/c1-18(2)42-23-9-7-6-8-22(23)20(17-41-21-10-13-39-14-11-21)16-33-28-24(19(3)25(43-28)26-32-12-15-40-26)27(35)34(30(33)38)31(4,5)29(36)37/h6-9,12,15,18,20-21H,10-11,13-14,16-17H2,1-5H3,(H,36,37)/t20-/m0/s1. The smallest absolute Gasteiger partial charge is 0.333 e. The molecule has 230 valence electrons. The maximum absolute atomic E-state index is 14.2. The Morgan fingerprint density at radius 1 is 1.21 bits per heavy atom. The Morgan fingerprint density at radius 2 is 1.93 bits per heavy atom. The van der Waals surface area contributed by atoms with Crippen LogP contribution in [0.15, 0.2) is 50.7 Å². The largest absolute Gasteiger partial charge is 0.491 e. The molecule has 1 aliphatic heterocycles. The van der Waals surface area contributed by atoms with E-state index in [-0.39, 0.29) is 36.7 Å². The molecule has 0 amide bonds. The molecule has 1 aromatic carbocycles. The van der Waals surface area contributed by atoms with Crippen LogP contribution in [0.5, 0.6) is 5.75 Å². The van der Waals surface area contributed by atoms with Crippen LogP contribution in [0.4, 0.5) is 0 Å². The number of aliphatic carboxylic acids is 1. The first-order chi connectivity index (χ1) is 20.5. The molecule has 1 atom stereocenters. The second-order valence-electron chi connectivity index (χ2n) is 11.5. The summed E-state index contributed by atoms with van der Waals surface area (Å²) in [6.07, 6.45) is 4.40. The predicted octanol–water partition coefficient (Wildman–Crippen LogP) is 4.77. The number of aromatic nitrogens is 3. The number of hydrogen-bond donors (Lipinski definition) is 1. The molecule has 0 aliphatic carbocycles. The molecule has 0 unspecified atom stereocenters. The highest BCUT2D eigenvalue weighted by Gasteiger charge is 2.36. The van der Waals surface area contributed by atoms with Crippen molar-refractivity contribution in [1.29, 1.82) is 0 Å². The first-order valence-electron chi connectivity index (χ1n) is 14.4. The van der Waals surface area contributed by atoms with Crippen LogP contribution in [0.3, 0.4) is 0 Å². The SMILES string of the molecule is Cc1c(-c2ncco2)sc2c1c(=O)n(C(C)(C)C(=O)O)c(=O)n2C[C@@H](COC1CCOCC1)c1ccccc1OC(C)C. The number of oxazole rings is 1. The van der Waals surface area contributed by atoms with Gasteiger partial charge in [-0.05, 0) is 59.1 Å². The lowest BCUT2D eigenvalue weighted by Crippen LogP contribution is -2.52. The molecule has 4 heterocycles. The highest BCUT2D eigenvalue weighted by molar-refractivity contribution is 7.22. The van der Waals surface area contributed by atoms with Crippen molar-refractivity contribution in [3.63, 3.8) is 0 Å². The van der Waals surface area contributed by atoms with Crippen LogP contribution in [0, 0.1) is 6.92 Å². The fraction of sp³-hybridized carbons (Fsp3) is 0.484. The van der Waals surface area contributed by atoms with Gasteiger partial charge in [-0.2, -0.15) is 0 Å². The Bertz CT molecular complexity index is 1710. The first kappa shape index (κ1) is 30.7. The monoisotopic (exact) mass is 611 g/mol. The molecule has 11 nitrogen and oxygen atoms in total. The van der Waals surface area contributed by atoms with Gasteiger partial charge in [0.2, 0.25) is 5.89 Å². The van der Waals surface area contributed by atoms with Gasteiger partial charge in [-0.25, -0.2) is 19.1 Å². The van der Waals surface area contributed by atoms with Crippen LogP contribution < -0.4 is 16.0 Å². The number of para-hydroxylation sites is 1. The normalized spacial score (nSPS) is 15.3. The fourth-order valence-electron chi connectivity index (χ4n) is 5.37. The molecule has 0 saturated carbocycles. The number of thiophene rings is 1. The van der Waals surface area contributed by atoms with E-state index < -0.39 is 22.8 Å². The molecule has 0 radical (unpaired) electrons. The molecule has 0 spiro atoms. The molecule has 1 aliphatic rings. The van der Waals surface area contributed by atoms with Crippen molar-refractivity contribution in [2.45, 2.75) is 77.7 Å². The van der Waals surface area contributed by atoms with Crippen molar-refractivity contribution in [2.75, 3.05) is 19.8 Å². The lowest BCUT2D eigenvalue weighted by Gasteiger charge is -2.28.